The van der Waals surface area contributed by atoms with E-state index in [-0.39, 0.29) is 12.1 Å². The minimum absolute atomic E-state index is 0.0951. The maximum atomic E-state index is 9.76. The van der Waals surface area contributed by atoms with Crippen LogP contribution in [0.4, 0.5) is 5.69 Å². The number of hydrogen-bond acceptors (Lipinski definition) is 3. The second-order valence-corrected chi connectivity index (χ2v) is 4.93. The summed E-state index contributed by atoms with van der Waals surface area (Å²) in [5.74, 6) is 0. The van der Waals surface area contributed by atoms with E-state index in [0.717, 1.165) is 24.2 Å². The number of aliphatic hydroxyl groups is 1. The van der Waals surface area contributed by atoms with Crippen LogP contribution in [0.1, 0.15) is 24.5 Å². The molecule has 0 aliphatic carbocycles. The number of nitrogens with zero attached hydrogens (tertiary/aromatic N) is 2. The molecule has 17 heavy (non-hydrogen) atoms. The zero-order chi connectivity index (χ0) is 12.6. The summed E-state index contributed by atoms with van der Waals surface area (Å²) >= 11 is 6.05. The molecule has 1 N–H and O–H groups in total. The van der Waals surface area contributed by atoms with Gasteiger partial charge in [-0.2, -0.15) is 5.26 Å². The van der Waals surface area contributed by atoms with Gasteiger partial charge in [-0.05, 0) is 38.0 Å². The standard InChI is InChI=1S/C13H15ClN2O/c1-8-5-10(7-15)11(14)6-12(8)16-4-3-13(17)9(16)2/h5-6,9,13,17H,3-4H2,1-2H3. The SMILES string of the molecule is Cc1cc(C#N)c(Cl)cc1N1CCC(O)C1C. The lowest BCUT2D eigenvalue weighted by Crippen LogP contribution is -2.32. The van der Waals surface area contributed by atoms with Crippen LogP contribution in [-0.4, -0.2) is 23.8 Å². The molecular weight excluding hydrogens is 236 g/mol. The van der Waals surface area contributed by atoms with Crippen LogP contribution in [0.2, 0.25) is 5.02 Å². The molecule has 0 saturated carbocycles. The molecule has 1 saturated heterocycles. The molecule has 1 heterocycles. The van der Waals surface area contributed by atoms with Gasteiger partial charge in [0.2, 0.25) is 0 Å². The zero-order valence-corrected chi connectivity index (χ0v) is 10.7. The maximum Gasteiger partial charge on any atom is 0.101 e. The van der Waals surface area contributed by atoms with Crippen molar-refractivity contribution < 1.29 is 5.11 Å². The lowest BCUT2D eigenvalue weighted by atomic mass is 10.1. The molecule has 1 aromatic carbocycles. The number of rotatable bonds is 1. The summed E-state index contributed by atoms with van der Waals surface area (Å²) in [5, 5.41) is 19.1. The fraction of sp³-hybridized carbons (Fsp3) is 0.462. The number of benzene rings is 1. The number of halogens is 1. The van der Waals surface area contributed by atoms with Gasteiger partial charge < -0.3 is 10.0 Å². The highest BCUT2D eigenvalue weighted by Gasteiger charge is 2.30. The molecule has 0 bridgehead atoms. The van der Waals surface area contributed by atoms with Crippen molar-refractivity contribution in [3.63, 3.8) is 0 Å². The van der Waals surface area contributed by atoms with Crippen molar-refractivity contribution in [1.82, 2.24) is 0 Å². The largest absolute Gasteiger partial charge is 0.391 e. The van der Waals surface area contributed by atoms with Gasteiger partial charge in [-0.3, -0.25) is 0 Å². The third-order valence-corrected chi connectivity index (χ3v) is 3.74. The molecule has 2 unspecified atom stereocenters. The summed E-state index contributed by atoms with van der Waals surface area (Å²) in [6, 6.07) is 5.79. The Morgan fingerprint density at radius 3 is 2.76 bits per heavy atom. The van der Waals surface area contributed by atoms with Crippen LogP contribution < -0.4 is 4.90 Å². The minimum atomic E-state index is -0.288. The van der Waals surface area contributed by atoms with Gasteiger partial charge >= 0.3 is 0 Å². The van der Waals surface area contributed by atoms with Crippen LogP contribution in [0.15, 0.2) is 12.1 Å². The first-order valence-corrected chi connectivity index (χ1v) is 6.07. The van der Waals surface area contributed by atoms with Gasteiger partial charge in [0.1, 0.15) is 6.07 Å². The summed E-state index contributed by atoms with van der Waals surface area (Å²) < 4.78 is 0. The molecule has 1 aromatic rings. The van der Waals surface area contributed by atoms with E-state index in [0.29, 0.717) is 10.6 Å². The van der Waals surface area contributed by atoms with Crippen LogP contribution >= 0.6 is 11.6 Å². The van der Waals surface area contributed by atoms with Crippen LogP contribution in [0.5, 0.6) is 0 Å². The lowest BCUT2D eigenvalue weighted by molar-refractivity contribution is 0.170. The number of aliphatic hydroxyl groups excluding tert-OH is 1. The fourth-order valence-corrected chi connectivity index (χ4v) is 2.53. The Morgan fingerprint density at radius 1 is 1.53 bits per heavy atom. The predicted molar refractivity (Wildman–Crippen MR) is 68.3 cm³/mol. The molecule has 0 aromatic heterocycles. The Kier molecular flexibility index (Phi) is 3.28. The first-order valence-electron chi connectivity index (χ1n) is 5.69. The normalized spacial score (nSPS) is 23.8. The molecule has 0 spiro atoms. The number of aryl methyl sites for hydroxylation is 1. The number of nitriles is 1. The Morgan fingerprint density at radius 2 is 2.24 bits per heavy atom. The van der Waals surface area contributed by atoms with Gasteiger partial charge in [0.05, 0.1) is 22.7 Å². The average Bonchev–Trinajstić information content (AvgIpc) is 2.63. The molecule has 3 nitrogen and oxygen atoms in total. The molecule has 1 aliphatic rings. The van der Waals surface area contributed by atoms with Gasteiger partial charge in [-0.25, -0.2) is 0 Å². The molecule has 4 heteroatoms. The van der Waals surface area contributed by atoms with E-state index in [1.54, 1.807) is 6.07 Å². The average molecular weight is 251 g/mol. The Hall–Kier alpha value is -1.24. The van der Waals surface area contributed by atoms with Crippen molar-refractivity contribution >= 4 is 17.3 Å². The van der Waals surface area contributed by atoms with E-state index in [4.69, 9.17) is 16.9 Å². The molecular formula is C13H15ClN2O. The molecule has 0 radical (unpaired) electrons. The number of hydrogen-bond donors (Lipinski definition) is 1. The molecule has 0 amide bonds. The lowest BCUT2D eigenvalue weighted by Gasteiger charge is -2.27. The van der Waals surface area contributed by atoms with E-state index >= 15 is 0 Å². The minimum Gasteiger partial charge on any atom is -0.391 e. The van der Waals surface area contributed by atoms with Gasteiger partial charge in [0, 0.05) is 12.2 Å². The summed E-state index contributed by atoms with van der Waals surface area (Å²) in [6.07, 6.45) is 0.488. The summed E-state index contributed by atoms with van der Waals surface area (Å²) in [5.41, 5.74) is 2.53. The van der Waals surface area contributed by atoms with Crippen LogP contribution in [0, 0.1) is 18.3 Å². The quantitative estimate of drug-likeness (QED) is 0.833. The Bertz CT molecular complexity index is 481. The van der Waals surface area contributed by atoms with E-state index < -0.39 is 0 Å². The van der Waals surface area contributed by atoms with Crippen molar-refractivity contribution in [2.45, 2.75) is 32.4 Å². The van der Waals surface area contributed by atoms with Crippen LogP contribution in [0.3, 0.4) is 0 Å². The molecule has 90 valence electrons. The summed E-state index contributed by atoms with van der Waals surface area (Å²) in [7, 11) is 0. The van der Waals surface area contributed by atoms with Gasteiger partial charge in [-0.1, -0.05) is 11.6 Å². The number of anilines is 1. The van der Waals surface area contributed by atoms with E-state index in [2.05, 4.69) is 11.0 Å². The smallest absolute Gasteiger partial charge is 0.101 e. The van der Waals surface area contributed by atoms with E-state index in [1.165, 1.54) is 0 Å². The van der Waals surface area contributed by atoms with Gasteiger partial charge in [0.15, 0.2) is 0 Å². The second-order valence-electron chi connectivity index (χ2n) is 4.52. The summed E-state index contributed by atoms with van der Waals surface area (Å²) in [4.78, 5) is 2.15. The highest BCUT2D eigenvalue weighted by molar-refractivity contribution is 6.32. The molecule has 1 fully saturated rings. The zero-order valence-electron chi connectivity index (χ0n) is 9.94. The Labute approximate surface area is 106 Å². The first kappa shape index (κ1) is 12.2. The molecule has 2 atom stereocenters. The van der Waals surface area contributed by atoms with E-state index in [9.17, 15) is 5.11 Å². The highest BCUT2D eigenvalue weighted by Crippen LogP contribution is 2.32. The fourth-order valence-electron chi connectivity index (χ4n) is 2.33. The highest BCUT2D eigenvalue weighted by atomic mass is 35.5. The second kappa shape index (κ2) is 4.56. The summed E-state index contributed by atoms with van der Waals surface area (Å²) in [6.45, 7) is 4.79. The third kappa shape index (κ3) is 2.11. The van der Waals surface area contributed by atoms with Crippen molar-refractivity contribution in [3.8, 4) is 6.07 Å². The van der Waals surface area contributed by atoms with Crippen LogP contribution in [-0.2, 0) is 0 Å². The van der Waals surface area contributed by atoms with Crippen molar-refractivity contribution in [1.29, 1.82) is 5.26 Å². The van der Waals surface area contributed by atoms with Crippen molar-refractivity contribution in [2.24, 2.45) is 0 Å². The predicted octanol–water partition coefficient (Wildman–Crippen LogP) is 2.48. The molecule has 2 rings (SSSR count). The first-order chi connectivity index (χ1) is 8.04. The topological polar surface area (TPSA) is 47.3 Å². The maximum absolute atomic E-state index is 9.76. The van der Waals surface area contributed by atoms with Gasteiger partial charge in [0.25, 0.3) is 0 Å². The van der Waals surface area contributed by atoms with Crippen molar-refractivity contribution in [2.75, 3.05) is 11.4 Å². The third-order valence-electron chi connectivity index (χ3n) is 3.43. The Balaban J connectivity index is 2.41. The molecule has 1 aliphatic heterocycles. The van der Waals surface area contributed by atoms with Crippen molar-refractivity contribution in [3.05, 3.63) is 28.3 Å². The van der Waals surface area contributed by atoms with Gasteiger partial charge in [-0.15, -0.1) is 0 Å². The van der Waals surface area contributed by atoms with Crippen LogP contribution in [0.25, 0.3) is 0 Å². The monoisotopic (exact) mass is 250 g/mol. The van der Waals surface area contributed by atoms with E-state index in [1.807, 2.05) is 19.9 Å².